The van der Waals surface area contributed by atoms with E-state index in [1.54, 1.807) is 6.08 Å². The van der Waals surface area contributed by atoms with E-state index in [0.717, 1.165) is 56.8 Å². The number of hydrogen-bond donors (Lipinski definition) is 3. The highest BCUT2D eigenvalue weighted by molar-refractivity contribution is 5.40. The third kappa shape index (κ3) is 11.0. The van der Waals surface area contributed by atoms with Crippen LogP contribution in [0, 0.1) is 12.8 Å². The van der Waals surface area contributed by atoms with Gasteiger partial charge in [0, 0.05) is 44.5 Å². The molecule has 0 radical (unpaired) electrons. The Morgan fingerprint density at radius 2 is 1.78 bits per heavy atom. The van der Waals surface area contributed by atoms with Gasteiger partial charge in [-0.3, -0.25) is 4.90 Å². The SMILES string of the molecule is C=C(NCC)C(/C=C(/O)C(=C)N(CCC)CCC)=C/C.Cc1ccc(CN2CCC(C)C(N)C2)cc1. The van der Waals surface area contributed by atoms with Crippen molar-refractivity contribution in [1.29, 1.82) is 0 Å². The van der Waals surface area contributed by atoms with Crippen LogP contribution in [0.1, 0.15) is 65.0 Å². The first-order valence-electron chi connectivity index (χ1n) is 13.6. The van der Waals surface area contributed by atoms with Gasteiger partial charge in [-0.25, -0.2) is 0 Å². The lowest BCUT2D eigenvalue weighted by atomic mass is 9.94. The second-order valence-electron chi connectivity index (χ2n) is 9.87. The number of piperidine rings is 1. The van der Waals surface area contributed by atoms with Gasteiger partial charge in [0.1, 0.15) is 5.76 Å². The van der Waals surface area contributed by atoms with E-state index >= 15 is 0 Å². The maximum Gasteiger partial charge on any atom is 0.138 e. The minimum atomic E-state index is 0.207. The summed E-state index contributed by atoms with van der Waals surface area (Å²) in [6.45, 7) is 26.5. The van der Waals surface area contributed by atoms with Crippen LogP contribution in [-0.2, 0) is 6.54 Å². The van der Waals surface area contributed by atoms with Gasteiger partial charge in [0.15, 0.2) is 0 Å². The van der Waals surface area contributed by atoms with Crippen molar-refractivity contribution in [3.63, 3.8) is 0 Å². The molecule has 5 nitrogen and oxygen atoms in total. The van der Waals surface area contributed by atoms with Crippen molar-refractivity contribution in [2.45, 2.75) is 73.4 Å². The van der Waals surface area contributed by atoms with Gasteiger partial charge in [0.25, 0.3) is 0 Å². The van der Waals surface area contributed by atoms with Crippen molar-refractivity contribution in [3.05, 3.63) is 83.4 Å². The highest BCUT2D eigenvalue weighted by atomic mass is 16.3. The number of aliphatic hydroxyl groups excluding tert-OH is 1. The highest BCUT2D eigenvalue weighted by Crippen LogP contribution is 2.18. The first-order chi connectivity index (χ1) is 17.2. The van der Waals surface area contributed by atoms with Crippen molar-refractivity contribution in [2.24, 2.45) is 11.7 Å². The molecule has 0 aromatic heterocycles. The topological polar surface area (TPSA) is 64.8 Å². The van der Waals surface area contributed by atoms with Crippen molar-refractivity contribution in [3.8, 4) is 0 Å². The first kappa shape index (κ1) is 31.5. The predicted molar refractivity (Wildman–Crippen MR) is 157 cm³/mol. The summed E-state index contributed by atoms with van der Waals surface area (Å²) in [7, 11) is 0. The second kappa shape index (κ2) is 17.0. The Morgan fingerprint density at radius 3 is 2.28 bits per heavy atom. The van der Waals surface area contributed by atoms with Gasteiger partial charge in [0.05, 0.1) is 5.70 Å². The molecule has 0 bridgehead atoms. The molecule has 0 amide bonds. The molecule has 1 aromatic rings. The molecule has 202 valence electrons. The summed E-state index contributed by atoms with van der Waals surface area (Å²) < 4.78 is 0. The minimum Gasteiger partial charge on any atom is -0.506 e. The Morgan fingerprint density at radius 1 is 1.17 bits per heavy atom. The fraction of sp³-hybridized carbons (Fsp3) is 0.548. The van der Waals surface area contributed by atoms with E-state index in [4.69, 9.17) is 5.73 Å². The largest absolute Gasteiger partial charge is 0.506 e. The summed E-state index contributed by atoms with van der Waals surface area (Å²) in [4.78, 5) is 4.59. The highest BCUT2D eigenvalue weighted by Gasteiger charge is 2.22. The van der Waals surface area contributed by atoms with Gasteiger partial charge in [-0.15, -0.1) is 0 Å². The molecule has 5 heteroatoms. The Labute approximate surface area is 221 Å². The Hall–Kier alpha value is -2.50. The zero-order valence-corrected chi connectivity index (χ0v) is 23.8. The third-order valence-corrected chi connectivity index (χ3v) is 6.63. The Bertz CT molecular complexity index is 850. The van der Waals surface area contributed by atoms with Crippen LogP contribution < -0.4 is 11.1 Å². The number of rotatable bonds is 12. The molecule has 1 aliphatic rings. The summed E-state index contributed by atoms with van der Waals surface area (Å²) in [6, 6.07) is 9.15. The average molecular weight is 497 g/mol. The van der Waals surface area contributed by atoms with E-state index in [0.29, 0.717) is 17.7 Å². The molecule has 2 atom stereocenters. The number of nitrogens with two attached hydrogens (primary N) is 1. The van der Waals surface area contributed by atoms with Gasteiger partial charge in [-0.05, 0) is 69.7 Å². The van der Waals surface area contributed by atoms with Gasteiger partial charge in [-0.1, -0.05) is 69.8 Å². The van der Waals surface area contributed by atoms with Gasteiger partial charge in [0.2, 0.25) is 0 Å². The summed E-state index contributed by atoms with van der Waals surface area (Å²) in [5.74, 6) is 0.883. The summed E-state index contributed by atoms with van der Waals surface area (Å²) in [5.41, 5.74) is 11.2. The smallest absolute Gasteiger partial charge is 0.138 e. The van der Waals surface area contributed by atoms with Crippen LogP contribution in [0.15, 0.2) is 72.3 Å². The number of likely N-dealkylation sites (tertiary alicyclic amines) is 1. The number of allylic oxidation sites excluding steroid dienone is 2. The molecule has 36 heavy (non-hydrogen) atoms. The second-order valence-corrected chi connectivity index (χ2v) is 9.87. The molecule has 4 N–H and O–H groups in total. The summed E-state index contributed by atoms with van der Waals surface area (Å²) in [5, 5.41) is 13.4. The van der Waals surface area contributed by atoms with Gasteiger partial charge < -0.3 is 21.1 Å². The lowest BCUT2D eigenvalue weighted by Crippen LogP contribution is -2.47. The van der Waals surface area contributed by atoms with Crippen molar-refractivity contribution in [2.75, 3.05) is 32.7 Å². The zero-order valence-electron chi connectivity index (χ0n) is 23.8. The molecule has 2 unspecified atom stereocenters. The molecule has 2 rings (SSSR count). The van der Waals surface area contributed by atoms with E-state index in [9.17, 15) is 5.11 Å². The Kier molecular flexibility index (Phi) is 14.9. The lowest BCUT2D eigenvalue weighted by Gasteiger charge is -2.35. The summed E-state index contributed by atoms with van der Waals surface area (Å²) in [6.07, 6.45) is 6.96. The van der Waals surface area contributed by atoms with Crippen molar-refractivity contribution < 1.29 is 5.11 Å². The van der Waals surface area contributed by atoms with Crippen LogP contribution in [0.3, 0.4) is 0 Å². The number of nitrogens with one attached hydrogen (secondary N) is 1. The van der Waals surface area contributed by atoms with Gasteiger partial charge in [-0.2, -0.15) is 0 Å². The predicted octanol–water partition coefficient (Wildman–Crippen LogP) is 6.30. The van der Waals surface area contributed by atoms with E-state index in [1.165, 1.54) is 24.1 Å². The van der Waals surface area contributed by atoms with Crippen LogP contribution in [0.25, 0.3) is 0 Å². The zero-order chi connectivity index (χ0) is 27.1. The van der Waals surface area contributed by atoms with Crippen molar-refractivity contribution >= 4 is 0 Å². The number of nitrogens with zero attached hydrogens (tertiary/aromatic N) is 2. The number of aliphatic hydroxyl groups is 1. The molecule has 1 saturated heterocycles. The standard InChI is InChI=1S/C17H30N2O.C14H22N2/c1-7-11-19(12-8-2)15(6)17(20)13-16(9-3)14(5)18-10-4;1-11-3-5-13(6-4-11)9-16-8-7-12(2)14(15)10-16/h9,13,18,20H,5-8,10-12H2,1-4H3;3-6,12,14H,7-10,15H2,1-2H3/b16-9+,17-13+;. The molecule has 1 fully saturated rings. The molecule has 1 aromatic carbocycles. The fourth-order valence-corrected chi connectivity index (χ4v) is 4.24. The molecule has 0 aliphatic carbocycles. The molecule has 0 saturated carbocycles. The van der Waals surface area contributed by atoms with Crippen LogP contribution in [-0.4, -0.2) is 53.7 Å². The molecular weight excluding hydrogens is 444 g/mol. The number of likely N-dealkylation sites (N-methyl/N-ethyl adjacent to an activating group) is 1. The maximum atomic E-state index is 10.3. The van der Waals surface area contributed by atoms with Crippen LogP contribution in [0.2, 0.25) is 0 Å². The molecule has 1 heterocycles. The van der Waals surface area contributed by atoms with E-state index in [-0.39, 0.29) is 5.76 Å². The number of benzene rings is 1. The van der Waals surface area contributed by atoms with Crippen LogP contribution in [0.5, 0.6) is 0 Å². The number of hydrogen-bond acceptors (Lipinski definition) is 5. The van der Waals surface area contributed by atoms with Crippen molar-refractivity contribution in [1.82, 2.24) is 15.1 Å². The minimum absolute atomic E-state index is 0.207. The van der Waals surface area contributed by atoms with Gasteiger partial charge >= 0.3 is 0 Å². The molecule has 1 aliphatic heterocycles. The summed E-state index contributed by atoms with van der Waals surface area (Å²) >= 11 is 0. The van der Waals surface area contributed by atoms with Crippen LogP contribution in [0.4, 0.5) is 0 Å². The van der Waals surface area contributed by atoms with E-state index in [1.807, 2.05) is 19.9 Å². The normalized spacial score (nSPS) is 18.8. The quantitative estimate of drug-likeness (QED) is 0.234. The Balaban J connectivity index is 0.000000367. The maximum absolute atomic E-state index is 10.3. The van der Waals surface area contributed by atoms with E-state index in [2.05, 4.69) is 80.2 Å². The first-order valence-corrected chi connectivity index (χ1v) is 13.6. The lowest BCUT2D eigenvalue weighted by molar-refractivity contribution is 0.162. The number of aryl methyl sites for hydroxylation is 1. The molecule has 0 spiro atoms. The third-order valence-electron chi connectivity index (χ3n) is 6.63. The van der Waals surface area contributed by atoms with Crippen LogP contribution >= 0.6 is 0 Å². The monoisotopic (exact) mass is 496 g/mol. The fourth-order valence-electron chi connectivity index (χ4n) is 4.24. The average Bonchev–Trinajstić information content (AvgIpc) is 2.86. The van der Waals surface area contributed by atoms with E-state index < -0.39 is 0 Å². The molecular formula is C31H52N4O.